The molecule has 3 rings (SSSR count). The fourth-order valence-electron chi connectivity index (χ4n) is 2.77. The van der Waals surface area contributed by atoms with Crippen molar-refractivity contribution in [2.45, 2.75) is 11.3 Å². The van der Waals surface area contributed by atoms with Crippen LogP contribution in [0.15, 0.2) is 53.4 Å². The van der Waals surface area contributed by atoms with Crippen molar-refractivity contribution in [3.05, 3.63) is 77.1 Å². The Bertz CT molecular complexity index is 949. The normalized spacial score (nSPS) is 14.5. The largest absolute Gasteiger partial charge is 0.224 e. The lowest BCUT2D eigenvalue weighted by Gasteiger charge is -2.11. The maximum absolute atomic E-state index is 14.1. The summed E-state index contributed by atoms with van der Waals surface area (Å²) in [5.41, 5.74) is 2.36. The second kappa shape index (κ2) is 5.94. The van der Waals surface area contributed by atoms with Crippen LogP contribution >= 0.6 is 0 Å². The topological polar surface area (TPSA) is 34.1 Å². The molecule has 0 heterocycles. The quantitative estimate of drug-likeness (QED) is 0.823. The third kappa shape index (κ3) is 3.01. The molecule has 0 saturated heterocycles. The summed E-state index contributed by atoms with van der Waals surface area (Å²) in [6.07, 6.45) is 4.83. The fourth-order valence-corrected chi connectivity index (χ4v) is 3.59. The second-order valence-corrected chi connectivity index (χ2v) is 7.50. The number of rotatable bonds is 3. The molecule has 2 aromatic carbocycles. The molecular weight excluding hydrogens is 337 g/mol. The second-order valence-electron chi connectivity index (χ2n) is 5.55. The van der Waals surface area contributed by atoms with E-state index in [2.05, 4.69) is 0 Å². The summed E-state index contributed by atoms with van der Waals surface area (Å²) in [5, 5.41) is 0. The number of allylic oxidation sites excluding steroid dienone is 4. The molecule has 2 aromatic rings. The average Bonchev–Trinajstić information content (AvgIpc) is 2.95. The molecule has 0 unspecified atom stereocenters. The molecule has 1 aliphatic carbocycles. The Labute approximate surface area is 137 Å². The van der Waals surface area contributed by atoms with Crippen molar-refractivity contribution in [3.8, 4) is 0 Å². The minimum Gasteiger partial charge on any atom is -0.224 e. The van der Waals surface area contributed by atoms with Crippen LogP contribution in [0.5, 0.6) is 0 Å². The van der Waals surface area contributed by atoms with E-state index in [1.54, 1.807) is 18.2 Å². The summed E-state index contributed by atoms with van der Waals surface area (Å²) < 4.78 is 64.3. The van der Waals surface area contributed by atoms with Crippen molar-refractivity contribution in [2.24, 2.45) is 0 Å². The van der Waals surface area contributed by atoms with E-state index in [1.807, 2.05) is 6.08 Å². The monoisotopic (exact) mass is 350 g/mol. The minimum atomic E-state index is -4.00. The lowest BCUT2D eigenvalue weighted by molar-refractivity contribution is 0.520. The maximum Gasteiger partial charge on any atom is 0.181 e. The molecule has 0 aliphatic heterocycles. The standard InChI is InChI=1S/C18H13F3O2S/c1-24(22,23)18-16(20)9-12(10-17(18)21)15-4-2-3-14(15)11-5-7-13(19)8-6-11/h2-3,5-10H,4H2,1H3. The number of hydrogen-bond acceptors (Lipinski definition) is 2. The average molecular weight is 350 g/mol. The molecule has 0 N–H and O–H groups in total. The van der Waals surface area contributed by atoms with E-state index >= 15 is 0 Å². The van der Waals surface area contributed by atoms with E-state index in [-0.39, 0.29) is 11.4 Å². The van der Waals surface area contributed by atoms with Gasteiger partial charge in [0, 0.05) is 6.26 Å². The van der Waals surface area contributed by atoms with Gasteiger partial charge >= 0.3 is 0 Å². The van der Waals surface area contributed by atoms with Crippen molar-refractivity contribution in [2.75, 3.05) is 6.26 Å². The lowest BCUT2D eigenvalue weighted by Crippen LogP contribution is -2.05. The molecule has 0 saturated carbocycles. The molecule has 0 spiro atoms. The van der Waals surface area contributed by atoms with Crippen molar-refractivity contribution >= 4 is 21.0 Å². The summed E-state index contributed by atoms with van der Waals surface area (Å²) in [6.45, 7) is 0. The highest BCUT2D eigenvalue weighted by Crippen LogP contribution is 2.36. The first-order valence-corrected chi connectivity index (χ1v) is 9.01. The van der Waals surface area contributed by atoms with Crippen molar-refractivity contribution in [1.82, 2.24) is 0 Å². The molecule has 0 amide bonds. The van der Waals surface area contributed by atoms with Crippen molar-refractivity contribution < 1.29 is 21.6 Å². The highest BCUT2D eigenvalue weighted by molar-refractivity contribution is 7.90. The predicted molar refractivity (Wildman–Crippen MR) is 86.4 cm³/mol. The van der Waals surface area contributed by atoms with Crippen LogP contribution < -0.4 is 0 Å². The first-order chi connectivity index (χ1) is 11.3. The van der Waals surface area contributed by atoms with Crippen LogP contribution in [-0.4, -0.2) is 14.7 Å². The van der Waals surface area contributed by atoms with Crippen LogP contribution in [0.3, 0.4) is 0 Å². The zero-order chi connectivity index (χ0) is 17.5. The molecule has 24 heavy (non-hydrogen) atoms. The Morgan fingerprint density at radius 1 is 0.917 bits per heavy atom. The summed E-state index contributed by atoms with van der Waals surface area (Å²) in [4.78, 5) is -0.930. The van der Waals surface area contributed by atoms with Gasteiger partial charge in [-0.1, -0.05) is 24.3 Å². The fraction of sp³-hybridized carbons (Fsp3) is 0.111. The zero-order valence-corrected chi connectivity index (χ0v) is 13.5. The Balaban J connectivity index is 2.15. The summed E-state index contributed by atoms with van der Waals surface area (Å²) in [5.74, 6) is -2.62. The van der Waals surface area contributed by atoms with Crippen LogP contribution in [0.1, 0.15) is 17.5 Å². The van der Waals surface area contributed by atoms with Crippen molar-refractivity contribution in [1.29, 1.82) is 0 Å². The van der Waals surface area contributed by atoms with Gasteiger partial charge in [0.25, 0.3) is 0 Å². The lowest BCUT2D eigenvalue weighted by atomic mass is 9.96. The summed E-state index contributed by atoms with van der Waals surface area (Å²) in [7, 11) is -4.00. The number of hydrogen-bond donors (Lipinski definition) is 0. The summed E-state index contributed by atoms with van der Waals surface area (Å²) in [6, 6.07) is 7.81. The first-order valence-electron chi connectivity index (χ1n) is 7.12. The van der Waals surface area contributed by atoms with Crippen molar-refractivity contribution in [3.63, 3.8) is 0 Å². The molecule has 0 aromatic heterocycles. The van der Waals surface area contributed by atoms with Crippen LogP contribution in [0.25, 0.3) is 11.1 Å². The number of benzene rings is 2. The molecule has 1 aliphatic rings. The Morgan fingerprint density at radius 2 is 1.50 bits per heavy atom. The van der Waals surface area contributed by atoms with Gasteiger partial charge in [-0.25, -0.2) is 21.6 Å². The maximum atomic E-state index is 14.1. The smallest absolute Gasteiger partial charge is 0.181 e. The first kappa shape index (κ1) is 16.5. The van der Waals surface area contributed by atoms with Crippen LogP contribution in [0.2, 0.25) is 0 Å². The van der Waals surface area contributed by atoms with Gasteiger partial charge in [0.15, 0.2) is 9.84 Å². The van der Waals surface area contributed by atoms with Gasteiger partial charge in [-0.2, -0.15) is 0 Å². The Morgan fingerprint density at radius 3 is 2.04 bits per heavy atom. The third-order valence-corrected chi connectivity index (χ3v) is 4.94. The SMILES string of the molecule is CS(=O)(=O)c1c(F)cc(C2=C(c3ccc(F)cc3)C=CC2)cc1F. The van der Waals surface area contributed by atoms with E-state index < -0.39 is 26.4 Å². The van der Waals surface area contributed by atoms with Gasteiger partial charge in [0.2, 0.25) is 0 Å². The number of sulfone groups is 1. The molecule has 0 radical (unpaired) electrons. The van der Waals surface area contributed by atoms with E-state index in [1.165, 1.54) is 12.1 Å². The van der Waals surface area contributed by atoms with E-state index in [0.717, 1.165) is 24.0 Å². The highest BCUT2D eigenvalue weighted by Gasteiger charge is 2.23. The molecule has 0 bridgehead atoms. The van der Waals surface area contributed by atoms with Gasteiger partial charge < -0.3 is 0 Å². The van der Waals surface area contributed by atoms with Crippen LogP contribution in [-0.2, 0) is 9.84 Å². The Kier molecular flexibility index (Phi) is 4.09. The van der Waals surface area contributed by atoms with E-state index in [4.69, 9.17) is 0 Å². The Hall–Kier alpha value is -2.34. The van der Waals surface area contributed by atoms with Crippen LogP contribution in [0, 0.1) is 17.5 Å². The van der Waals surface area contributed by atoms with Gasteiger partial charge in [0.05, 0.1) is 0 Å². The molecule has 2 nitrogen and oxygen atoms in total. The zero-order valence-electron chi connectivity index (χ0n) is 12.7. The third-order valence-electron chi connectivity index (χ3n) is 3.80. The molecule has 0 atom stereocenters. The van der Waals surface area contributed by atoms with Gasteiger partial charge in [0.1, 0.15) is 22.3 Å². The minimum absolute atomic E-state index is 0.265. The molecule has 124 valence electrons. The molecule has 0 fully saturated rings. The number of halogens is 3. The molecule has 6 heteroatoms. The van der Waals surface area contributed by atoms with Gasteiger partial charge in [-0.3, -0.25) is 0 Å². The van der Waals surface area contributed by atoms with E-state index in [0.29, 0.717) is 17.6 Å². The van der Waals surface area contributed by atoms with Gasteiger partial charge in [-0.15, -0.1) is 0 Å². The predicted octanol–water partition coefficient (Wildman–Crippen LogP) is 4.38. The molecular formula is C18H13F3O2S. The van der Waals surface area contributed by atoms with Gasteiger partial charge in [-0.05, 0) is 53.0 Å². The summed E-state index contributed by atoms with van der Waals surface area (Å²) >= 11 is 0. The highest BCUT2D eigenvalue weighted by atomic mass is 32.2. The van der Waals surface area contributed by atoms with E-state index in [9.17, 15) is 21.6 Å². The van der Waals surface area contributed by atoms with Crippen LogP contribution in [0.4, 0.5) is 13.2 Å².